The van der Waals surface area contributed by atoms with Crippen LogP contribution in [0.3, 0.4) is 0 Å². The van der Waals surface area contributed by atoms with Crippen molar-refractivity contribution in [2.45, 2.75) is 44.9 Å². The van der Waals surface area contributed by atoms with Crippen molar-refractivity contribution in [2.24, 2.45) is 11.8 Å². The van der Waals surface area contributed by atoms with Crippen LogP contribution in [0.5, 0.6) is 0 Å². The van der Waals surface area contributed by atoms with E-state index in [0.717, 1.165) is 31.0 Å². The highest BCUT2D eigenvalue weighted by Crippen LogP contribution is 2.36. The maximum Gasteiger partial charge on any atom is 0.226 e. The lowest BCUT2D eigenvalue weighted by atomic mass is 9.96. The summed E-state index contributed by atoms with van der Waals surface area (Å²) in [6, 6.07) is 0.447. The van der Waals surface area contributed by atoms with E-state index in [0.29, 0.717) is 12.6 Å². The Morgan fingerprint density at radius 1 is 1.48 bits per heavy atom. The number of hydrogen-bond acceptors (Lipinski definition) is 4. The Balaban J connectivity index is 1.59. The number of carbonyl (C=O) groups excluding carboxylic acids is 1. The summed E-state index contributed by atoms with van der Waals surface area (Å²) < 4.78 is 7.70. The molecule has 0 spiro atoms. The van der Waals surface area contributed by atoms with E-state index in [9.17, 15) is 4.79 Å². The first-order valence-electron chi connectivity index (χ1n) is 8.68. The lowest BCUT2D eigenvalue weighted by Gasteiger charge is -2.25. The molecule has 0 bridgehead atoms. The highest BCUT2D eigenvalue weighted by Gasteiger charge is 2.37. The number of nitrogens with zero attached hydrogens (tertiary/aromatic N) is 3. The average molecular weight is 320 g/mol. The summed E-state index contributed by atoms with van der Waals surface area (Å²) in [6.45, 7) is 4.25. The summed E-state index contributed by atoms with van der Waals surface area (Å²) >= 11 is 0. The van der Waals surface area contributed by atoms with Crippen molar-refractivity contribution in [2.75, 3.05) is 27.2 Å². The van der Waals surface area contributed by atoms with Gasteiger partial charge < -0.3 is 15.0 Å². The molecule has 23 heavy (non-hydrogen) atoms. The first-order chi connectivity index (χ1) is 11.1. The predicted octanol–water partition coefficient (Wildman–Crippen LogP) is 1.44. The van der Waals surface area contributed by atoms with Gasteiger partial charge in [0.25, 0.3) is 0 Å². The third-order valence-electron chi connectivity index (χ3n) is 5.05. The molecule has 1 aromatic heterocycles. The van der Waals surface area contributed by atoms with Gasteiger partial charge in [0.15, 0.2) is 0 Å². The molecule has 0 aromatic carbocycles. The summed E-state index contributed by atoms with van der Waals surface area (Å²) in [5.74, 6) is 0.750. The minimum Gasteiger partial charge on any atom is -0.373 e. The van der Waals surface area contributed by atoms with E-state index < -0.39 is 0 Å². The van der Waals surface area contributed by atoms with Gasteiger partial charge in [-0.3, -0.25) is 9.48 Å². The number of rotatable bonds is 7. The van der Waals surface area contributed by atoms with Crippen molar-refractivity contribution in [1.29, 1.82) is 0 Å². The average Bonchev–Trinajstić information content (AvgIpc) is 3.05. The summed E-state index contributed by atoms with van der Waals surface area (Å²) in [5.41, 5.74) is 1.01. The molecule has 0 radical (unpaired) electrons. The van der Waals surface area contributed by atoms with Crippen LogP contribution in [0.4, 0.5) is 0 Å². The van der Waals surface area contributed by atoms with Crippen LogP contribution < -0.4 is 5.32 Å². The highest BCUT2D eigenvalue weighted by atomic mass is 16.5. The van der Waals surface area contributed by atoms with Crippen LogP contribution in [-0.4, -0.2) is 53.9 Å². The first-order valence-corrected chi connectivity index (χ1v) is 8.68. The SMILES string of the molecule is CCn1cc([C@H]2OCC[C@@H]2C(=O)NC[C@@H](C2CC2)N(C)C)cn1. The summed E-state index contributed by atoms with van der Waals surface area (Å²) in [6.07, 6.45) is 7.00. The van der Waals surface area contributed by atoms with Gasteiger partial charge in [-0.15, -0.1) is 0 Å². The van der Waals surface area contributed by atoms with Gasteiger partial charge in [0.2, 0.25) is 5.91 Å². The largest absolute Gasteiger partial charge is 0.373 e. The topological polar surface area (TPSA) is 59.4 Å². The number of amides is 1. The zero-order valence-corrected chi connectivity index (χ0v) is 14.4. The second kappa shape index (κ2) is 7.01. The van der Waals surface area contributed by atoms with E-state index in [1.54, 1.807) is 0 Å². The zero-order chi connectivity index (χ0) is 16.4. The van der Waals surface area contributed by atoms with Gasteiger partial charge in [-0.05, 0) is 46.2 Å². The molecule has 2 fully saturated rings. The Bertz CT molecular complexity index is 536. The molecule has 6 nitrogen and oxygen atoms in total. The summed E-state index contributed by atoms with van der Waals surface area (Å²) in [4.78, 5) is 14.9. The van der Waals surface area contributed by atoms with Crippen molar-refractivity contribution in [3.05, 3.63) is 18.0 Å². The molecule has 6 heteroatoms. The summed E-state index contributed by atoms with van der Waals surface area (Å²) in [7, 11) is 4.19. The first kappa shape index (κ1) is 16.5. The monoisotopic (exact) mass is 320 g/mol. The van der Waals surface area contributed by atoms with Crippen LogP contribution in [-0.2, 0) is 16.1 Å². The van der Waals surface area contributed by atoms with Gasteiger partial charge in [-0.25, -0.2) is 0 Å². The van der Waals surface area contributed by atoms with Crippen molar-refractivity contribution in [1.82, 2.24) is 20.0 Å². The summed E-state index contributed by atoms with van der Waals surface area (Å²) in [5, 5.41) is 7.46. The Morgan fingerprint density at radius 2 is 2.26 bits per heavy atom. The maximum absolute atomic E-state index is 12.6. The van der Waals surface area contributed by atoms with Gasteiger partial charge >= 0.3 is 0 Å². The third-order valence-corrected chi connectivity index (χ3v) is 5.05. The number of hydrogen-bond donors (Lipinski definition) is 1. The predicted molar refractivity (Wildman–Crippen MR) is 87.9 cm³/mol. The highest BCUT2D eigenvalue weighted by molar-refractivity contribution is 5.79. The van der Waals surface area contributed by atoms with Gasteiger partial charge in [0, 0.05) is 37.5 Å². The number of carbonyl (C=O) groups is 1. The number of nitrogens with one attached hydrogen (secondary N) is 1. The van der Waals surface area contributed by atoms with Crippen molar-refractivity contribution in [3.8, 4) is 0 Å². The Kier molecular flexibility index (Phi) is 5.02. The molecule has 1 aliphatic heterocycles. The Morgan fingerprint density at radius 3 is 2.87 bits per heavy atom. The van der Waals surface area contributed by atoms with Crippen molar-refractivity contribution in [3.63, 3.8) is 0 Å². The Labute approximate surface area is 138 Å². The lowest BCUT2D eigenvalue weighted by molar-refractivity contribution is -0.127. The molecule has 1 saturated carbocycles. The molecule has 3 rings (SSSR count). The molecule has 1 amide bonds. The number of aryl methyl sites for hydroxylation is 1. The number of ether oxygens (including phenoxy) is 1. The lowest BCUT2D eigenvalue weighted by Crippen LogP contribution is -2.43. The Hall–Kier alpha value is -1.40. The second-order valence-corrected chi connectivity index (χ2v) is 6.93. The molecule has 3 atom stereocenters. The molecular weight excluding hydrogens is 292 g/mol. The van der Waals surface area contributed by atoms with Crippen LogP contribution >= 0.6 is 0 Å². The maximum atomic E-state index is 12.6. The van der Waals surface area contributed by atoms with Crippen LogP contribution in [0.15, 0.2) is 12.4 Å². The number of aromatic nitrogens is 2. The minimum atomic E-state index is -0.158. The normalized spacial score (nSPS) is 25.7. The quantitative estimate of drug-likeness (QED) is 0.826. The van der Waals surface area contributed by atoms with E-state index in [1.165, 1.54) is 12.8 Å². The van der Waals surface area contributed by atoms with E-state index >= 15 is 0 Å². The van der Waals surface area contributed by atoms with Crippen molar-refractivity contribution < 1.29 is 9.53 Å². The van der Waals surface area contributed by atoms with Crippen LogP contribution in [0.2, 0.25) is 0 Å². The molecule has 1 aromatic rings. The van der Waals surface area contributed by atoms with E-state index in [2.05, 4.69) is 36.3 Å². The van der Waals surface area contributed by atoms with Crippen molar-refractivity contribution >= 4 is 5.91 Å². The molecule has 0 unspecified atom stereocenters. The second-order valence-electron chi connectivity index (χ2n) is 6.93. The fourth-order valence-electron chi connectivity index (χ4n) is 3.47. The van der Waals surface area contributed by atoms with Gasteiger partial charge in [0.1, 0.15) is 0 Å². The van der Waals surface area contributed by atoms with Gasteiger partial charge in [-0.1, -0.05) is 0 Å². The molecule has 128 valence electrons. The molecule has 2 heterocycles. The van der Waals surface area contributed by atoms with Gasteiger partial charge in [-0.2, -0.15) is 5.10 Å². The fourth-order valence-corrected chi connectivity index (χ4v) is 3.47. The van der Waals surface area contributed by atoms with Crippen LogP contribution in [0.25, 0.3) is 0 Å². The van der Waals surface area contributed by atoms with Crippen LogP contribution in [0.1, 0.15) is 37.9 Å². The van der Waals surface area contributed by atoms with E-state index in [4.69, 9.17) is 4.74 Å². The molecule has 2 aliphatic rings. The van der Waals surface area contributed by atoms with Crippen LogP contribution in [0, 0.1) is 11.8 Å². The standard InChI is InChI=1S/C17H28N4O2/c1-4-21-11-13(9-19-21)16-14(7-8-23-16)17(22)18-10-15(20(2)3)12-5-6-12/h9,11-12,14-16H,4-8,10H2,1-3H3,(H,18,22)/t14-,15-,16+/m0/s1. The van der Waals surface area contributed by atoms with E-state index in [1.807, 2.05) is 17.1 Å². The van der Waals surface area contributed by atoms with E-state index in [-0.39, 0.29) is 17.9 Å². The molecular formula is C17H28N4O2. The number of likely N-dealkylation sites (N-methyl/N-ethyl adjacent to an activating group) is 1. The minimum absolute atomic E-state index is 0.105. The molecule has 1 saturated heterocycles. The zero-order valence-electron chi connectivity index (χ0n) is 14.4. The van der Waals surface area contributed by atoms with Gasteiger partial charge in [0.05, 0.1) is 18.2 Å². The smallest absolute Gasteiger partial charge is 0.226 e. The molecule has 1 N–H and O–H groups in total. The molecule has 1 aliphatic carbocycles. The fraction of sp³-hybridized carbons (Fsp3) is 0.765. The third kappa shape index (κ3) is 3.75.